The third-order valence-corrected chi connectivity index (χ3v) is 0. The zero-order valence-corrected chi connectivity index (χ0v) is 7.41. The molecule has 0 rings (SSSR count). The van der Waals surface area contributed by atoms with Crippen molar-refractivity contribution in [2.75, 3.05) is 0 Å². The molecule has 0 aliphatic carbocycles. The van der Waals surface area contributed by atoms with E-state index in [0.29, 0.717) is 0 Å². The fourth-order valence-electron chi connectivity index (χ4n) is 0. The van der Waals surface area contributed by atoms with Crippen molar-refractivity contribution in [3.63, 3.8) is 0 Å². The Bertz CT molecular complexity index is 13.5. The maximum atomic E-state index is 7.81. The first-order chi connectivity index (χ1) is 1.00. The molecule has 0 spiro atoms. The summed E-state index contributed by atoms with van der Waals surface area (Å²) < 4.78 is 7.81. The van der Waals surface area contributed by atoms with E-state index in [-0.39, 0.29) is 67.7 Å². The van der Waals surface area contributed by atoms with E-state index in [1.165, 1.54) is 0 Å². The minimum absolute atomic E-state index is 0. The van der Waals surface area contributed by atoms with E-state index in [1.807, 2.05) is 0 Å². The molecule has 0 saturated carbocycles. The van der Waals surface area contributed by atoms with Gasteiger partial charge in [0, 0.05) is 41.7 Å². The molecule has 0 amide bonds. The van der Waals surface area contributed by atoms with Crippen LogP contribution in [0.2, 0.25) is 0 Å². The fraction of sp³-hybridized carbons (Fsp3) is 0. The predicted octanol–water partition coefficient (Wildman–Crippen LogP) is -0.277. The van der Waals surface area contributed by atoms with Gasteiger partial charge in [0.1, 0.15) is 0 Å². The third kappa shape index (κ3) is 8.82. The molecule has 0 atom stereocenters. The third-order valence-electron chi connectivity index (χ3n) is 0. The van der Waals surface area contributed by atoms with Gasteiger partial charge in [-0.05, 0) is 0 Å². The normalized spacial score (nSPS) is 1.50. The molecule has 0 N–H and O–H groups in total. The van der Waals surface area contributed by atoms with Crippen molar-refractivity contribution in [2.24, 2.45) is 0 Å². The Morgan fingerprint density at radius 3 is 1.50 bits per heavy atom. The van der Waals surface area contributed by atoms with Crippen LogP contribution < -0.4 is 0 Å². The first kappa shape index (κ1) is 16.1. The zero-order valence-electron chi connectivity index (χ0n) is 3.92. The molecule has 1 nitrogen and oxygen atoms in total. The molecule has 0 heterocycles. The Morgan fingerprint density at radius 2 is 1.50 bits per heavy atom. The summed E-state index contributed by atoms with van der Waals surface area (Å²) in [6.07, 6.45) is 0. The second kappa shape index (κ2) is 17.9. The Kier molecular flexibility index (Phi) is 72.1. The Labute approximate surface area is 85.8 Å². The van der Waals surface area contributed by atoms with Gasteiger partial charge in [-0.1, -0.05) is 0 Å². The molecule has 25 valence electrons. The van der Waals surface area contributed by atoms with Crippen molar-refractivity contribution in [1.82, 2.24) is 0 Å². The van der Waals surface area contributed by atoms with Crippen LogP contribution >= 0.6 is 0 Å². The Balaban J connectivity index is -0.000000000833. The number of hydrogen-bond acceptors (Lipinski definition) is 1. The van der Waals surface area contributed by atoms with E-state index >= 15 is 0 Å². The SMILES string of the molecule is [Ce].[H-].[H-].[Mg+2].[O]=[Cu]. The quantitative estimate of drug-likeness (QED) is 0.537. The molecule has 0 aromatic heterocycles. The Hall–Kier alpha value is 2.46. The summed E-state index contributed by atoms with van der Waals surface area (Å²) in [5.41, 5.74) is 0. The zero-order chi connectivity index (χ0) is 2.00. The summed E-state index contributed by atoms with van der Waals surface area (Å²) in [6, 6.07) is 0. The van der Waals surface area contributed by atoms with Gasteiger partial charge < -0.3 is 2.85 Å². The van der Waals surface area contributed by atoms with E-state index in [0.717, 1.165) is 0 Å². The van der Waals surface area contributed by atoms with Gasteiger partial charge in [0.05, 0.1) is 0 Å². The summed E-state index contributed by atoms with van der Waals surface area (Å²) in [7, 11) is 0. The van der Waals surface area contributed by atoms with Gasteiger partial charge in [0.15, 0.2) is 0 Å². The molecule has 0 aromatic carbocycles. The van der Waals surface area contributed by atoms with E-state index in [9.17, 15) is 0 Å². The monoisotopic (exact) mass is 245 g/mol. The second-order valence-electron chi connectivity index (χ2n) is 0. The minimum atomic E-state index is 0. The molecule has 0 radical (unpaired) electrons. The topological polar surface area (TPSA) is 17.1 Å². The standard InChI is InChI=1S/Ce.Cu.Mg.O.2H/q;;+2;;2*-1. The molecule has 4 heavy (non-hydrogen) atoms. The van der Waals surface area contributed by atoms with Crippen LogP contribution in [0.3, 0.4) is 0 Å². The van der Waals surface area contributed by atoms with Crippen molar-refractivity contribution >= 4 is 23.1 Å². The van der Waals surface area contributed by atoms with Gasteiger partial charge in [0.2, 0.25) is 0 Å². The summed E-state index contributed by atoms with van der Waals surface area (Å²) >= 11 is 2.94. The maximum absolute atomic E-state index is 7.81. The molecule has 0 aliphatic heterocycles. The van der Waals surface area contributed by atoms with Crippen LogP contribution in [0.25, 0.3) is 0 Å². The molecule has 0 aromatic rings. The summed E-state index contributed by atoms with van der Waals surface area (Å²) in [4.78, 5) is 0. The van der Waals surface area contributed by atoms with Gasteiger partial charge in [-0.25, -0.2) is 0 Å². The van der Waals surface area contributed by atoms with Crippen molar-refractivity contribution in [2.45, 2.75) is 0 Å². The van der Waals surface area contributed by atoms with Crippen LogP contribution in [0.1, 0.15) is 2.85 Å². The number of rotatable bonds is 0. The van der Waals surface area contributed by atoms with Crippen LogP contribution in [0.4, 0.5) is 0 Å². The number of hydrogen-bond donors (Lipinski definition) is 0. The van der Waals surface area contributed by atoms with Gasteiger partial charge in [0.25, 0.3) is 0 Å². The van der Waals surface area contributed by atoms with Gasteiger partial charge >= 0.3 is 42.8 Å². The van der Waals surface area contributed by atoms with Crippen LogP contribution in [0, 0.1) is 41.7 Å². The summed E-state index contributed by atoms with van der Waals surface area (Å²) in [5, 5.41) is 0. The average molecular weight is 246 g/mol. The summed E-state index contributed by atoms with van der Waals surface area (Å²) in [5.74, 6) is 0. The second-order valence-corrected chi connectivity index (χ2v) is 0. The average Bonchev–Trinajstić information content (AvgIpc) is 1.00. The van der Waals surface area contributed by atoms with E-state index in [4.69, 9.17) is 3.83 Å². The molecular formula is H2CeCuMgO. The van der Waals surface area contributed by atoms with Crippen molar-refractivity contribution < 1.29 is 64.4 Å². The molecule has 0 fully saturated rings. The van der Waals surface area contributed by atoms with Crippen molar-refractivity contribution in [3.05, 3.63) is 0 Å². The molecule has 4 heteroatoms. The van der Waals surface area contributed by atoms with Crippen LogP contribution in [-0.2, 0) is 19.8 Å². The molecule has 0 aliphatic rings. The fourth-order valence-corrected chi connectivity index (χ4v) is 0. The van der Waals surface area contributed by atoms with Crippen LogP contribution in [0.5, 0.6) is 0 Å². The van der Waals surface area contributed by atoms with Crippen molar-refractivity contribution in [3.8, 4) is 0 Å². The van der Waals surface area contributed by atoms with Gasteiger partial charge in [-0.3, -0.25) is 0 Å². The van der Waals surface area contributed by atoms with Crippen LogP contribution in [0.15, 0.2) is 0 Å². The van der Waals surface area contributed by atoms with Crippen molar-refractivity contribution in [1.29, 1.82) is 0 Å². The van der Waals surface area contributed by atoms with Gasteiger partial charge in [-0.2, -0.15) is 0 Å². The van der Waals surface area contributed by atoms with E-state index in [1.54, 1.807) is 0 Å². The molecule has 0 saturated heterocycles. The Morgan fingerprint density at radius 1 is 1.50 bits per heavy atom. The molecule has 0 unspecified atom stereocenters. The van der Waals surface area contributed by atoms with Gasteiger partial charge in [-0.15, -0.1) is 0 Å². The van der Waals surface area contributed by atoms with E-state index < -0.39 is 0 Å². The molecule has 0 bridgehead atoms. The predicted molar refractivity (Wildman–Crippen MR) is 8.66 cm³/mol. The molecular weight excluding hydrogens is 244 g/mol. The van der Waals surface area contributed by atoms with E-state index in [2.05, 4.69) is 15.9 Å². The first-order valence-corrected chi connectivity index (χ1v) is 0.508. The first-order valence-electron chi connectivity index (χ1n) is 0.123. The van der Waals surface area contributed by atoms with Crippen LogP contribution in [-0.4, -0.2) is 23.1 Å². The summed E-state index contributed by atoms with van der Waals surface area (Å²) in [6.45, 7) is 0.